The molecule has 0 radical (unpaired) electrons. The molecule has 1 aliphatic carbocycles. The van der Waals surface area contributed by atoms with E-state index >= 15 is 0 Å². The van der Waals surface area contributed by atoms with Crippen molar-refractivity contribution in [3.63, 3.8) is 0 Å². The maximum absolute atomic E-state index is 13.2. The summed E-state index contributed by atoms with van der Waals surface area (Å²) in [7, 11) is 0. The third-order valence-corrected chi connectivity index (χ3v) is 7.53. The number of pyridine rings is 1. The van der Waals surface area contributed by atoms with Crippen LogP contribution >= 0.6 is 0 Å². The van der Waals surface area contributed by atoms with Crippen molar-refractivity contribution in [2.24, 2.45) is 11.7 Å². The standard InChI is InChI=1S/C30H33F2N5O2/c1-19(20-2-4-21(5-3-20)26-16-23(28(31)32)8-9-24(26)18-33)35-29(38)27-17-25(10-11-34-27)36-12-14-37(15-13-36)30(39)22-6-7-22/h2-5,8-11,16-17,19,22,28H,6-7,12-15,18,33H2,1H3,(H,35,38)/t19-/m1/s1. The lowest BCUT2D eigenvalue weighted by Crippen LogP contribution is -2.49. The van der Waals surface area contributed by atoms with Crippen LogP contribution in [-0.2, 0) is 11.3 Å². The monoisotopic (exact) mass is 533 g/mol. The summed E-state index contributed by atoms with van der Waals surface area (Å²) in [4.78, 5) is 33.8. The second-order valence-electron chi connectivity index (χ2n) is 10.2. The van der Waals surface area contributed by atoms with E-state index < -0.39 is 6.43 Å². The fourth-order valence-corrected chi connectivity index (χ4v) is 5.00. The summed E-state index contributed by atoms with van der Waals surface area (Å²) >= 11 is 0. The summed E-state index contributed by atoms with van der Waals surface area (Å²) in [5.41, 5.74) is 10.1. The maximum atomic E-state index is 13.2. The lowest BCUT2D eigenvalue weighted by molar-refractivity contribution is -0.132. The van der Waals surface area contributed by atoms with Crippen molar-refractivity contribution in [2.45, 2.75) is 38.8 Å². The number of nitrogens with zero attached hydrogens (tertiary/aromatic N) is 3. The van der Waals surface area contributed by atoms with Crippen molar-refractivity contribution in [1.82, 2.24) is 15.2 Å². The molecule has 2 aliphatic rings. The molecular weight excluding hydrogens is 500 g/mol. The van der Waals surface area contributed by atoms with E-state index in [1.54, 1.807) is 18.3 Å². The van der Waals surface area contributed by atoms with Crippen molar-refractivity contribution in [1.29, 1.82) is 0 Å². The third kappa shape index (κ3) is 6.09. The van der Waals surface area contributed by atoms with Gasteiger partial charge in [0.05, 0.1) is 6.04 Å². The van der Waals surface area contributed by atoms with Crippen LogP contribution in [0.25, 0.3) is 11.1 Å². The number of nitrogens with one attached hydrogen (secondary N) is 1. The zero-order valence-corrected chi connectivity index (χ0v) is 21.9. The summed E-state index contributed by atoms with van der Waals surface area (Å²) in [6.07, 6.45) is 1.09. The number of anilines is 1. The molecular formula is C30H33F2N5O2. The molecule has 1 saturated heterocycles. The number of hydrogen-bond acceptors (Lipinski definition) is 5. The Morgan fingerprint density at radius 3 is 2.33 bits per heavy atom. The number of halogens is 2. The number of benzene rings is 2. The predicted octanol–water partition coefficient (Wildman–Crippen LogP) is 4.69. The highest BCUT2D eigenvalue weighted by Crippen LogP contribution is 2.32. The lowest BCUT2D eigenvalue weighted by atomic mass is 9.95. The van der Waals surface area contributed by atoms with Crippen LogP contribution in [0.5, 0.6) is 0 Å². The molecule has 1 atom stereocenters. The van der Waals surface area contributed by atoms with Crippen molar-refractivity contribution in [3.05, 3.63) is 83.2 Å². The molecule has 0 spiro atoms. The molecule has 9 heteroatoms. The van der Waals surface area contributed by atoms with Gasteiger partial charge < -0.3 is 20.9 Å². The summed E-state index contributed by atoms with van der Waals surface area (Å²) in [5.74, 6) is 0.213. The van der Waals surface area contributed by atoms with E-state index in [4.69, 9.17) is 5.73 Å². The zero-order chi connectivity index (χ0) is 27.5. The normalized spacial score (nSPS) is 16.3. The summed E-state index contributed by atoms with van der Waals surface area (Å²) in [5, 5.41) is 3.00. The minimum absolute atomic E-state index is 0.0461. The second-order valence-corrected chi connectivity index (χ2v) is 10.2. The Morgan fingerprint density at radius 2 is 1.69 bits per heavy atom. The Bertz CT molecular complexity index is 1340. The summed E-state index contributed by atoms with van der Waals surface area (Å²) in [6.45, 7) is 4.94. The Morgan fingerprint density at radius 1 is 1.00 bits per heavy atom. The first-order chi connectivity index (χ1) is 18.8. The van der Waals surface area contributed by atoms with Crippen LogP contribution in [0.2, 0.25) is 0 Å². The van der Waals surface area contributed by atoms with Gasteiger partial charge in [-0.3, -0.25) is 14.6 Å². The molecule has 5 rings (SSSR count). The molecule has 204 valence electrons. The number of nitrogens with two attached hydrogens (primary N) is 1. The fraction of sp³-hybridized carbons (Fsp3) is 0.367. The first-order valence-corrected chi connectivity index (χ1v) is 13.4. The largest absolute Gasteiger partial charge is 0.368 e. The summed E-state index contributed by atoms with van der Waals surface area (Å²) in [6, 6.07) is 15.4. The molecule has 2 aromatic carbocycles. The number of amides is 2. The van der Waals surface area contributed by atoms with Crippen LogP contribution in [0.3, 0.4) is 0 Å². The molecule has 0 bridgehead atoms. The third-order valence-electron chi connectivity index (χ3n) is 7.53. The Balaban J connectivity index is 1.22. The molecule has 1 aromatic heterocycles. The number of carbonyl (C=O) groups is 2. The number of aromatic nitrogens is 1. The Labute approximate surface area is 227 Å². The van der Waals surface area contributed by atoms with E-state index in [0.29, 0.717) is 24.3 Å². The van der Waals surface area contributed by atoms with Crippen LogP contribution in [0.4, 0.5) is 14.5 Å². The number of alkyl halides is 2. The van der Waals surface area contributed by atoms with E-state index in [2.05, 4.69) is 15.2 Å². The van der Waals surface area contributed by atoms with Crippen molar-refractivity contribution in [2.75, 3.05) is 31.1 Å². The number of hydrogen-bond donors (Lipinski definition) is 2. The zero-order valence-electron chi connectivity index (χ0n) is 21.9. The van der Waals surface area contributed by atoms with E-state index in [1.807, 2.05) is 42.2 Å². The van der Waals surface area contributed by atoms with Gasteiger partial charge in [-0.15, -0.1) is 0 Å². The van der Waals surface area contributed by atoms with Gasteiger partial charge in [-0.1, -0.05) is 36.4 Å². The first-order valence-electron chi connectivity index (χ1n) is 13.4. The molecule has 2 amide bonds. The molecule has 2 fully saturated rings. The van der Waals surface area contributed by atoms with E-state index in [9.17, 15) is 18.4 Å². The average Bonchev–Trinajstić information content (AvgIpc) is 3.82. The van der Waals surface area contributed by atoms with Gasteiger partial charge in [-0.25, -0.2) is 8.78 Å². The minimum atomic E-state index is -2.56. The van der Waals surface area contributed by atoms with Gasteiger partial charge in [0.15, 0.2) is 0 Å². The molecule has 39 heavy (non-hydrogen) atoms. The van der Waals surface area contributed by atoms with Crippen molar-refractivity contribution < 1.29 is 18.4 Å². The highest BCUT2D eigenvalue weighted by molar-refractivity contribution is 5.93. The van der Waals surface area contributed by atoms with Gasteiger partial charge in [-0.2, -0.15) is 0 Å². The molecule has 0 unspecified atom stereocenters. The molecule has 1 saturated carbocycles. The molecule has 2 heterocycles. The Hall–Kier alpha value is -3.85. The van der Waals surface area contributed by atoms with E-state index in [-0.39, 0.29) is 35.9 Å². The van der Waals surface area contributed by atoms with Crippen LogP contribution in [-0.4, -0.2) is 47.9 Å². The molecule has 1 aliphatic heterocycles. The molecule has 7 nitrogen and oxygen atoms in total. The van der Waals surface area contributed by atoms with E-state index in [0.717, 1.165) is 48.3 Å². The van der Waals surface area contributed by atoms with Crippen LogP contribution < -0.4 is 16.0 Å². The highest BCUT2D eigenvalue weighted by Gasteiger charge is 2.34. The van der Waals surface area contributed by atoms with Gasteiger partial charge in [0.2, 0.25) is 5.91 Å². The number of rotatable bonds is 8. The lowest BCUT2D eigenvalue weighted by Gasteiger charge is -2.36. The highest BCUT2D eigenvalue weighted by atomic mass is 19.3. The second kappa shape index (κ2) is 11.5. The maximum Gasteiger partial charge on any atom is 0.270 e. The first kappa shape index (κ1) is 26.7. The molecule has 3 N–H and O–H groups in total. The quantitative estimate of drug-likeness (QED) is 0.438. The van der Waals surface area contributed by atoms with Gasteiger partial charge in [0, 0.05) is 56.1 Å². The summed E-state index contributed by atoms with van der Waals surface area (Å²) < 4.78 is 26.5. The van der Waals surface area contributed by atoms with E-state index in [1.165, 1.54) is 12.1 Å². The van der Waals surface area contributed by atoms with Gasteiger partial charge in [0.25, 0.3) is 12.3 Å². The molecule has 3 aromatic rings. The Kier molecular flexibility index (Phi) is 7.88. The number of carbonyl (C=O) groups excluding carboxylic acids is 2. The van der Waals surface area contributed by atoms with Crippen LogP contribution in [0.15, 0.2) is 60.8 Å². The van der Waals surface area contributed by atoms with Crippen molar-refractivity contribution >= 4 is 17.5 Å². The predicted molar refractivity (Wildman–Crippen MR) is 146 cm³/mol. The topological polar surface area (TPSA) is 91.6 Å². The van der Waals surface area contributed by atoms with Gasteiger partial charge >= 0.3 is 0 Å². The smallest absolute Gasteiger partial charge is 0.270 e. The van der Waals surface area contributed by atoms with Crippen molar-refractivity contribution in [3.8, 4) is 11.1 Å². The van der Waals surface area contributed by atoms with Gasteiger partial charge in [-0.05, 0) is 60.2 Å². The fourth-order valence-electron chi connectivity index (χ4n) is 5.00. The SMILES string of the molecule is C[C@@H](NC(=O)c1cc(N2CCN(C(=O)C3CC3)CC2)ccn1)c1ccc(-c2cc(C(F)F)ccc2CN)cc1. The van der Waals surface area contributed by atoms with Crippen LogP contribution in [0, 0.1) is 5.92 Å². The average molecular weight is 534 g/mol. The van der Waals surface area contributed by atoms with Crippen LogP contribution in [0.1, 0.15) is 59.4 Å². The van der Waals surface area contributed by atoms with Gasteiger partial charge in [0.1, 0.15) is 5.69 Å². The number of piperazine rings is 1. The minimum Gasteiger partial charge on any atom is -0.368 e.